The molecule has 5 rings (SSSR count). The fraction of sp³-hybridized carbons (Fsp3) is 0.240. The Labute approximate surface area is 171 Å². The molecule has 0 radical (unpaired) electrons. The van der Waals surface area contributed by atoms with E-state index in [1.807, 2.05) is 6.07 Å². The van der Waals surface area contributed by atoms with Crippen molar-refractivity contribution in [1.29, 1.82) is 0 Å². The molecule has 3 heterocycles. The molecule has 1 unspecified atom stereocenters. The first kappa shape index (κ1) is 17.8. The van der Waals surface area contributed by atoms with Crippen LogP contribution >= 0.6 is 0 Å². The van der Waals surface area contributed by atoms with Gasteiger partial charge in [-0.05, 0) is 45.9 Å². The molecule has 0 bridgehead atoms. The van der Waals surface area contributed by atoms with Gasteiger partial charge >= 0.3 is 0 Å². The summed E-state index contributed by atoms with van der Waals surface area (Å²) in [6.07, 6.45) is 4.26. The van der Waals surface area contributed by atoms with Gasteiger partial charge in [0, 0.05) is 35.1 Å². The van der Waals surface area contributed by atoms with Crippen LogP contribution in [0.4, 0.5) is 5.69 Å². The van der Waals surface area contributed by atoms with Crippen LogP contribution < -0.4 is 9.64 Å². The maximum Gasteiger partial charge on any atom is 0.178 e. The predicted molar refractivity (Wildman–Crippen MR) is 117 cm³/mol. The number of nitrogens with zero attached hydrogens (tertiary/aromatic N) is 3. The fourth-order valence-corrected chi connectivity index (χ4v) is 4.92. The molecule has 0 fully saturated rings. The Morgan fingerprint density at radius 2 is 1.72 bits per heavy atom. The summed E-state index contributed by atoms with van der Waals surface area (Å²) in [5.41, 5.74) is 6.20. The van der Waals surface area contributed by atoms with Gasteiger partial charge in [-0.25, -0.2) is 4.98 Å². The van der Waals surface area contributed by atoms with Crippen LogP contribution in [0.5, 0.6) is 5.75 Å². The molecular formula is C25H25N3O. The monoisotopic (exact) mass is 383 g/mol. The lowest BCUT2D eigenvalue weighted by Crippen LogP contribution is -2.55. The fourth-order valence-electron chi connectivity index (χ4n) is 4.92. The lowest BCUT2D eigenvalue weighted by molar-refractivity contribution is 0.318. The normalized spacial score (nSPS) is 20.0. The number of rotatable bonds is 1. The molecule has 2 aliphatic rings. The highest BCUT2D eigenvalue weighted by Crippen LogP contribution is 2.54. The van der Waals surface area contributed by atoms with Crippen molar-refractivity contribution >= 4 is 5.69 Å². The van der Waals surface area contributed by atoms with Crippen LogP contribution in [0.3, 0.4) is 0 Å². The number of hydrogen-bond donors (Lipinski definition) is 0. The van der Waals surface area contributed by atoms with Crippen LogP contribution in [0.1, 0.15) is 30.8 Å². The minimum absolute atomic E-state index is 0.569. The molecule has 3 aromatic rings. The zero-order valence-electron chi connectivity index (χ0n) is 17.5. The first-order valence-electron chi connectivity index (χ1n) is 10.0. The third kappa shape index (κ3) is 2.11. The smallest absolute Gasteiger partial charge is 0.178 e. The van der Waals surface area contributed by atoms with Gasteiger partial charge in [0.1, 0.15) is 17.3 Å². The number of para-hydroxylation sites is 2. The summed E-state index contributed by atoms with van der Waals surface area (Å²) >= 11 is 0. The third-order valence-electron chi connectivity index (χ3n) is 6.27. The minimum atomic E-state index is -0.569. The number of allylic oxidation sites excluding steroid dienone is 2. The molecule has 0 aliphatic carbocycles. The van der Waals surface area contributed by atoms with Gasteiger partial charge in [0.05, 0.1) is 5.69 Å². The summed E-state index contributed by atoms with van der Waals surface area (Å²) in [6.45, 7) is 8.36. The Morgan fingerprint density at radius 1 is 1.00 bits per heavy atom. The second-order valence-corrected chi connectivity index (χ2v) is 7.76. The van der Waals surface area contributed by atoms with E-state index in [1.54, 1.807) is 0 Å². The number of benzene rings is 2. The maximum atomic E-state index is 6.29. The average molecular weight is 383 g/mol. The maximum absolute atomic E-state index is 6.29. The number of aryl methyl sites for hydroxylation is 1. The molecule has 0 saturated carbocycles. The first-order valence-corrected chi connectivity index (χ1v) is 10.0. The van der Waals surface area contributed by atoms with E-state index in [2.05, 4.69) is 98.8 Å². The van der Waals surface area contributed by atoms with E-state index in [1.165, 1.54) is 0 Å². The van der Waals surface area contributed by atoms with Crippen molar-refractivity contribution in [2.75, 3.05) is 11.9 Å². The summed E-state index contributed by atoms with van der Waals surface area (Å²) in [7, 11) is 2.18. The number of anilines is 1. The van der Waals surface area contributed by atoms with Crippen molar-refractivity contribution in [3.8, 4) is 17.1 Å². The van der Waals surface area contributed by atoms with Crippen LogP contribution in [-0.4, -0.2) is 16.6 Å². The van der Waals surface area contributed by atoms with Gasteiger partial charge in [-0.15, -0.1) is 0 Å². The molecule has 146 valence electrons. The van der Waals surface area contributed by atoms with Crippen molar-refractivity contribution in [3.05, 3.63) is 89.0 Å². The molecule has 4 nitrogen and oxygen atoms in total. The summed E-state index contributed by atoms with van der Waals surface area (Å²) in [5.74, 6) is 2.80. The van der Waals surface area contributed by atoms with Crippen LogP contribution in [0, 0.1) is 13.8 Å². The molecule has 0 N–H and O–H groups in total. The van der Waals surface area contributed by atoms with Crippen LogP contribution in [0.15, 0.2) is 72.0 Å². The zero-order chi connectivity index (χ0) is 20.3. The van der Waals surface area contributed by atoms with E-state index in [-0.39, 0.29) is 0 Å². The lowest BCUT2D eigenvalue weighted by Gasteiger charge is -2.52. The Kier molecular flexibility index (Phi) is 3.75. The van der Waals surface area contributed by atoms with Gasteiger partial charge in [0.15, 0.2) is 5.66 Å². The standard InChI is InChI=1S/C25H25N3O/c1-6-11-20-18(4)29-23-15-10-8-13-21(23)25(20)27(5)22-14-9-7-12-19(22)24-26-16(2)17(3)28(24)25/h6-15H,1-5H3/b11-6-. The number of ether oxygens (including phenoxy) is 1. The highest BCUT2D eigenvalue weighted by atomic mass is 16.5. The van der Waals surface area contributed by atoms with Crippen molar-refractivity contribution in [2.24, 2.45) is 0 Å². The summed E-state index contributed by atoms with van der Waals surface area (Å²) in [6, 6.07) is 16.9. The van der Waals surface area contributed by atoms with E-state index in [4.69, 9.17) is 9.72 Å². The molecule has 1 spiro atoms. The number of fused-ring (bicyclic) bond motifs is 6. The lowest BCUT2D eigenvalue weighted by atomic mass is 9.82. The molecule has 0 saturated heterocycles. The van der Waals surface area contributed by atoms with Gasteiger partial charge in [-0.2, -0.15) is 0 Å². The van der Waals surface area contributed by atoms with E-state index in [0.717, 1.165) is 51.1 Å². The number of likely N-dealkylation sites (N-methyl/N-ethyl adjacent to an activating group) is 1. The van der Waals surface area contributed by atoms with Crippen molar-refractivity contribution in [1.82, 2.24) is 9.55 Å². The van der Waals surface area contributed by atoms with Gasteiger partial charge in [-0.3, -0.25) is 4.57 Å². The second kappa shape index (κ2) is 6.11. The Hall–Kier alpha value is -3.27. The summed E-state index contributed by atoms with van der Waals surface area (Å²) < 4.78 is 8.68. The highest BCUT2D eigenvalue weighted by Gasteiger charge is 2.52. The Morgan fingerprint density at radius 3 is 2.52 bits per heavy atom. The van der Waals surface area contributed by atoms with Crippen molar-refractivity contribution in [2.45, 2.75) is 33.4 Å². The van der Waals surface area contributed by atoms with Crippen LogP contribution in [0.2, 0.25) is 0 Å². The van der Waals surface area contributed by atoms with Crippen LogP contribution in [-0.2, 0) is 5.66 Å². The average Bonchev–Trinajstić information content (AvgIpc) is 3.03. The summed E-state index contributed by atoms with van der Waals surface area (Å²) in [5, 5.41) is 0. The van der Waals surface area contributed by atoms with E-state index < -0.39 is 5.66 Å². The van der Waals surface area contributed by atoms with Gasteiger partial charge in [0.2, 0.25) is 0 Å². The Bertz CT molecular complexity index is 1200. The van der Waals surface area contributed by atoms with E-state index >= 15 is 0 Å². The van der Waals surface area contributed by atoms with Crippen LogP contribution in [0.25, 0.3) is 11.4 Å². The SMILES string of the molecule is C/C=C\C1=C(C)Oc2ccccc2C12N(C)c1ccccc1-c1nc(C)c(C)n12. The zero-order valence-corrected chi connectivity index (χ0v) is 17.5. The van der Waals surface area contributed by atoms with Crippen molar-refractivity contribution < 1.29 is 4.74 Å². The van der Waals surface area contributed by atoms with Gasteiger partial charge in [0.25, 0.3) is 0 Å². The van der Waals surface area contributed by atoms with Gasteiger partial charge in [-0.1, -0.05) is 42.5 Å². The van der Waals surface area contributed by atoms with E-state index in [0.29, 0.717) is 0 Å². The molecule has 2 aromatic carbocycles. The molecular weight excluding hydrogens is 358 g/mol. The molecule has 1 atom stereocenters. The predicted octanol–water partition coefficient (Wildman–Crippen LogP) is 5.56. The summed E-state index contributed by atoms with van der Waals surface area (Å²) in [4.78, 5) is 7.40. The third-order valence-corrected chi connectivity index (χ3v) is 6.27. The Balaban J connectivity index is 2.01. The number of imidazole rings is 1. The van der Waals surface area contributed by atoms with Crippen molar-refractivity contribution in [3.63, 3.8) is 0 Å². The molecule has 2 aliphatic heterocycles. The second-order valence-electron chi connectivity index (χ2n) is 7.76. The highest BCUT2D eigenvalue weighted by molar-refractivity contribution is 5.81. The largest absolute Gasteiger partial charge is 0.461 e. The number of hydrogen-bond acceptors (Lipinski definition) is 3. The molecule has 29 heavy (non-hydrogen) atoms. The molecule has 4 heteroatoms. The minimum Gasteiger partial charge on any atom is -0.461 e. The quantitative estimate of drug-likeness (QED) is 0.551. The van der Waals surface area contributed by atoms with E-state index in [9.17, 15) is 0 Å². The number of aromatic nitrogens is 2. The topological polar surface area (TPSA) is 30.3 Å². The molecule has 1 aromatic heterocycles. The first-order chi connectivity index (χ1) is 14.0. The molecule has 0 amide bonds. The van der Waals surface area contributed by atoms with Gasteiger partial charge < -0.3 is 9.64 Å².